The molecule has 3 rings (SSSR count). The molecule has 2 aliphatic rings. The average Bonchev–Trinajstić information content (AvgIpc) is 2.57. The number of hydrogen-bond donors (Lipinski definition) is 2. The van der Waals surface area contributed by atoms with Crippen LogP contribution in [0.5, 0.6) is 0 Å². The van der Waals surface area contributed by atoms with E-state index in [-0.39, 0.29) is 18.3 Å². The molecule has 4 heteroatoms. The summed E-state index contributed by atoms with van der Waals surface area (Å²) in [4.78, 5) is 12.5. The Kier molecular flexibility index (Phi) is 6.91. The van der Waals surface area contributed by atoms with Gasteiger partial charge >= 0.3 is 0 Å². The maximum atomic E-state index is 12.5. The summed E-state index contributed by atoms with van der Waals surface area (Å²) in [5.74, 6) is 0.714. The van der Waals surface area contributed by atoms with Crippen molar-refractivity contribution in [3.8, 4) is 0 Å². The van der Waals surface area contributed by atoms with Gasteiger partial charge in [0.25, 0.3) is 5.91 Å². The van der Waals surface area contributed by atoms with Crippen molar-refractivity contribution in [2.75, 3.05) is 13.1 Å². The first-order valence-corrected chi connectivity index (χ1v) is 8.86. The second-order valence-corrected chi connectivity index (χ2v) is 6.90. The molecular formula is C19H29ClN2O. The third-order valence-corrected chi connectivity index (χ3v) is 5.26. The van der Waals surface area contributed by atoms with Crippen LogP contribution in [0, 0.1) is 6.92 Å². The van der Waals surface area contributed by atoms with E-state index < -0.39 is 0 Å². The molecule has 1 saturated carbocycles. The lowest BCUT2D eigenvalue weighted by Crippen LogP contribution is -2.36. The molecule has 1 amide bonds. The molecule has 0 unspecified atom stereocenters. The number of halogens is 1. The van der Waals surface area contributed by atoms with Crippen molar-refractivity contribution in [3.63, 3.8) is 0 Å². The first-order valence-electron chi connectivity index (χ1n) is 8.86. The number of aryl methyl sites for hydroxylation is 1. The molecule has 0 spiro atoms. The molecular weight excluding hydrogens is 308 g/mol. The standard InChI is InChI=1S/C19H28N2O.ClH/c1-14-7-8-16(13-18(14)15-9-11-20-12-10-15)19(22)21-17-5-3-2-4-6-17;/h7-8,13,15,17,20H,2-6,9-12H2,1H3,(H,21,22);1H. The third kappa shape index (κ3) is 4.71. The van der Waals surface area contributed by atoms with Gasteiger partial charge in [-0.05, 0) is 74.9 Å². The highest BCUT2D eigenvalue weighted by Crippen LogP contribution is 2.29. The molecule has 0 aromatic heterocycles. The lowest BCUT2D eigenvalue weighted by molar-refractivity contribution is 0.0927. The molecule has 1 saturated heterocycles. The number of hydrogen-bond acceptors (Lipinski definition) is 2. The van der Waals surface area contributed by atoms with Gasteiger partial charge in [-0.2, -0.15) is 0 Å². The number of amides is 1. The monoisotopic (exact) mass is 336 g/mol. The van der Waals surface area contributed by atoms with Crippen LogP contribution in [0.25, 0.3) is 0 Å². The zero-order valence-corrected chi connectivity index (χ0v) is 14.9. The molecule has 2 N–H and O–H groups in total. The number of carbonyl (C=O) groups is 1. The summed E-state index contributed by atoms with van der Waals surface area (Å²) >= 11 is 0. The Morgan fingerprint density at radius 3 is 2.48 bits per heavy atom. The Balaban J connectivity index is 0.00000192. The lowest BCUT2D eigenvalue weighted by Gasteiger charge is -2.26. The summed E-state index contributed by atoms with van der Waals surface area (Å²) in [5.41, 5.74) is 3.53. The molecule has 1 aliphatic heterocycles. The number of rotatable bonds is 3. The van der Waals surface area contributed by atoms with Crippen LogP contribution in [-0.4, -0.2) is 25.0 Å². The molecule has 1 aliphatic carbocycles. The number of piperidine rings is 1. The Hall–Kier alpha value is -1.06. The molecule has 128 valence electrons. The first-order chi connectivity index (χ1) is 10.7. The number of nitrogens with one attached hydrogen (secondary N) is 2. The van der Waals surface area contributed by atoms with E-state index >= 15 is 0 Å². The largest absolute Gasteiger partial charge is 0.349 e. The molecule has 0 bridgehead atoms. The van der Waals surface area contributed by atoms with Crippen molar-refractivity contribution in [2.45, 2.75) is 63.8 Å². The molecule has 1 heterocycles. The van der Waals surface area contributed by atoms with E-state index in [9.17, 15) is 4.79 Å². The van der Waals surface area contributed by atoms with Gasteiger partial charge in [-0.15, -0.1) is 12.4 Å². The van der Waals surface area contributed by atoms with Crippen molar-refractivity contribution < 1.29 is 4.79 Å². The van der Waals surface area contributed by atoms with Crippen molar-refractivity contribution in [1.82, 2.24) is 10.6 Å². The minimum Gasteiger partial charge on any atom is -0.349 e. The predicted octanol–water partition coefficient (Wildman–Crippen LogP) is 3.95. The highest BCUT2D eigenvalue weighted by atomic mass is 35.5. The maximum Gasteiger partial charge on any atom is 0.251 e. The van der Waals surface area contributed by atoms with Crippen LogP contribution in [0.4, 0.5) is 0 Å². The van der Waals surface area contributed by atoms with Gasteiger partial charge in [0.05, 0.1) is 0 Å². The molecule has 3 nitrogen and oxygen atoms in total. The topological polar surface area (TPSA) is 41.1 Å². The molecule has 23 heavy (non-hydrogen) atoms. The quantitative estimate of drug-likeness (QED) is 0.877. The Morgan fingerprint density at radius 2 is 1.78 bits per heavy atom. The van der Waals surface area contributed by atoms with Crippen LogP contribution in [-0.2, 0) is 0 Å². The molecule has 1 aromatic rings. The van der Waals surface area contributed by atoms with Crippen LogP contribution in [0.3, 0.4) is 0 Å². The minimum absolute atomic E-state index is 0. The van der Waals surface area contributed by atoms with Crippen LogP contribution >= 0.6 is 12.4 Å². The van der Waals surface area contributed by atoms with E-state index in [0.29, 0.717) is 12.0 Å². The fourth-order valence-corrected chi connectivity index (χ4v) is 3.87. The van der Waals surface area contributed by atoms with E-state index in [2.05, 4.69) is 29.7 Å². The lowest BCUT2D eigenvalue weighted by atomic mass is 9.86. The highest BCUT2D eigenvalue weighted by molar-refractivity contribution is 5.94. The van der Waals surface area contributed by atoms with Crippen molar-refractivity contribution in [2.24, 2.45) is 0 Å². The Labute approximate surface area is 146 Å². The molecule has 1 aromatic carbocycles. The fourth-order valence-electron chi connectivity index (χ4n) is 3.87. The zero-order valence-electron chi connectivity index (χ0n) is 14.1. The Bertz CT molecular complexity index is 520. The van der Waals surface area contributed by atoms with Gasteiger partial charge in [0, 0.05) is 11.6 Å². The number of carbonyl (C=O) groups excluding carboxylic acids is 1. The van der Waals surface area contributed by atoms with Crippen LogP contribution in [0.2, 0.25) is 0 Å². The average molecular weight is 337 g/mol. The molecule has 0 radical (unpaired) electrons. The summed E-state index contributed by atoms with van der Waals surface area (Å²) in [6.45, 7) is 4.34. The fraction of sp³-hybridized carbons (Fsp3) is 0.632. The smallest absolute Gasteiger partial charge is 0.251 e. The van der Waals surface area contributed by atoms with Gasteiger partial charge in [0.15, 0.2) is 0 Å². The summed E-state index contributed by atoms with van der Waals surface area (Å²) in [6, 6.07) is 6.62. The summed E-state index contributed by atoms with van der Waals surface area (Å²) in [6.07, 6.45) is 8.44. The molecule has 2 fully saturated rings. The number of benzene rings is 1. The van der Waals surface area contributed by atoms with E-state index in [4.69, 9.17) is 0 Å². The van der Waals surface area contributed by atoms with E-state index in [1.54, 1.807) is 0 Å². The van der Waals surface area contributed by atoms with Gasteiger partial charge in [0.1, 0.15) is 0 Å². The van der Waals surface area contributed by atoms with Crippen molar-refractivity contribution in [1.29, 1.82) is 0 Å². The van der Waals surface area contributed by atoms with Gasteiger partial charge < -0.3 is 10.6 Å². The van der Waals surface area contributed by atoms with Crippen molar-refractivity contribution in [3.05, 3.63) is 34.9 Å². The van der Waals surface area contributed by atoms with Crippen LogP contribution in [0.1, 0.15) is 72.3 Å². The van der Waals surface area contributed by atoms with Gasteiger partial charge in [-0.1, -0.05) is 25.3 Å². The Morgan fingerprint density at radius 1 is 1.09 bits per heavy atom. The van der Waals surface area contributed by atoms with Gasteiger partial charge in [-0.3, -0.25) is 4.79 Å². The minimum atomic E-state index is 0. The zero-order chi connectivity index (χ0) is 15.4. The van der Waals surface area contributed by atoms with Crippen LogP contribution in [0.15, 0.2) is 18.2 Å². The maximum absolute atomic E-state index is 12.5. The third-order valence-electron chi connectivity index (χ3n) is 5.26. The predicted molar refractivity (Wildman–Crippen MR) is 97.6 cm³/mol. The van der Waals surface area contributed by atoms with Gasteiger partial charge in [-0.25, -0.2) is 0 Å². The van der Waals surface area contributed by atoms with Crippen molar-refractivity contribution >= 4 is 18.3 Å². The summed E-state index contributed by atoms with van der Waals surface area (Å²) < 4.78 is 0. The van der Waals surface area contributed by atoms with Crippen LogP contribution < -0.4 is 10.6 Å². The second-order valence-electron chi connectivity index (χ2n) is 6.90. The summed E-state index contributed by atoms with van der Waals surface area (Å²) in [7, 11) is 0. The highest BCUT2D eigenvalue weighted by Gasteiger charge is 2.20. The van der Waals surface area contributed by atoms with E-state index in [0.717, 1.165) is 31.5 Å². The van der Waals surface area contributed by atoms with Gasteiger partial charge in [0.2, 0.25) is 0 Å². The molecule has 0 atom stereocenters. The second kappa shape index (κ2) is 8.70. The normalized spacial score (nSPS) is 19.9. The SMILES string of the molecule is Cc1ccc(C(=O)NC2CCCCC2)cc1C1CCNCC1.Cl. The first kappa shape index (κ1) is 18.3. The van der Waals surface area contributed by atoms with E-state index in [1.807, 2.05) is 6.07 Å². The summed E-state index contributed by atoms with van der Waals surface area (Å²) in [5, 5.41) is 6.65. The van der Waals surface area contributed by atoms with E-state index in [1.165, 1.54) is 43.2 Å².